The Morgan fingerprint density at radius 1 is 1.41 bits per heavy atom. The Labute approximate surface area is 127 Å². The first-order chi connectivity index (χ1) is 10.4. The number of alkyl halides is 3. The van der Waals surface area contributed by atoms with Crippen molar-refractivity contribution in [2.45, 2.75) is 25.1 Å². The van der Waals surface area contributed by atoms with Crippen molar-refractivity contribution < 1.29 is 18.0 Å². The molecule has 1 aliphatic heterocycles. The number of carbonyl (C=O) groups excluding carboxylic acids is 1. The van der Waals surface area contributed by atoms with Crippen molar-refractivity contribution in [3.05, 3.63) is 29.8 Å². The van der Waals surface area contributed by atoms with E-state index < -0.39 is 11.7 Å². The standard InChI is InChI=1S/C15H20F3N3O/c1-19-13-6-3-7-21(9-13)10-14(22)20-12-5-2-4-11(8-12)15(16,17)18/h2,4-5,8,13,19H,3,6-7,9-10H2,1H3,(H,20,22). The average Bonchev–Trinajstić information content (AvgIpc) is 2.46. The fourth-order valence-corrected chi connectivity index (χ4v) is 2.61. The van der Waals surface area contributed by atoms with Gasteiger partial charge in [-0.25, -0.2) is 0 Å². The summed E-state index contributed by atoms with van der Waals surface area (Å²) in [7, 11) is 1.89. The molecule has 122 valence electrons. The first-order valence-corrected chi connectivity index (χ1v) is 7.25. The summed E-state index contributed by atoms with van der Waals surface area (Å²) in [5.74, 6) is -0.295. The Morgan fingerprint density at radius 2 is 2.18 bits per heavy atom. The molecule has 0 spiro atoms. The summed E-state index contributed by atoms with van der Waals surface area (Å²) in [6, 6.07) is 5.04. The Kier molecular flexibility index (Phi) is 5.42. The monoisotopic (exact) mass is 315 g/mol. The number of benzene rings is 1. The number of likely N-dealkylation sites (tertiary alicyclic amines) is 1. The van der Waals surface area contributed by atoms with E-state index in [1.807, 2.05) is 11.9 Å². The maximum absolute atomic E-state index is 12.6. The van der Waals surface area contributed by atoms with Crippen LogP contribution in [0.5, 0.6) is 0 Å². The third-order valence-corrected chi connectivity index (χ3v) is 3.75. The summed E-state index contributed by atoms with van der Waals surface area (Å²) in [6.45, 7) is 1.79. The van der Waals surface area contributed by atoms with E-state index in [1.165, 1.54) is 12.1 Å². The lowest BCUT2D eigenvalue weighted by atomic mass is 10.1. The normalized spacial score (nSPS) is 19.9. The molecule has 1 aromatic rings. The van der Waals surface area contributed by atoms with Gasteiger partial charge in [0.05, 0.1) is 12.1 Å². The summed E-state index contributed by atoms with van der Waals surface area (Å²) in [5.41, 5.74) is -0.597. The van der Waals surface area contributed by atoms with Crippen molar-refractivity contribution in [1.82, 2.24) is 10.2 Å². The Hall–Kier alpha value is -1.60. The molecule has 4 nitrogen and oxygen atoms in total. The highest BCUT2D eigenvalue weighted by Crippen LogP contribution is 2.30. The molecule has 2 N–H and O–H groups in total. The van der Waals surface area contributed by atoms with Crippen molar-refractivity contribution in [3.8, 4) is 0 Å². The van der Waals surface area contributed by atoms with Crippen molar-refractivity contribution in [2.75, 3.05) is 32.0 Å². The zero-order chi connectivity index (χ0) is 16.2. The molecule has 0 saturated carbocycles. The third-order valence-electron chi connectivity index (χ3n) is 3.75. The van der Waals surface area contributed by atoms with Gasteiger partial charge >= 0.3 is 6.18 Å². The van der Waals surface area contributed by atoms with E-state index in [1.54, 1.807) is 0 Å². The van der Waals surface area contributed by atoms with E-state index in [0.717, 1.165) is 38.1 Å². The molecule has 1 saturated heterocycles. The van der Waals surface area contributed by atoms with Gasteiger partial charge in [0.25, 0.3) is 0 Å². The highest BCUT2D eigenvalue weighted by molar-refractivity contribution is 5.92. The van der Waals surface area contributed by atoms with Crippen molar-refractivity contribution in [2.24, 2.45) is 0 Å². The van der Waals surface area contributed by atoms with Gasteiger partial charge in [-0.1, -0.05) is 6.07 Å². The summed E-state index contributed by atoms with van der Waals surface area (Å²) < 4.78 is 37.9. The third kappa shape index (κ3) is 4.71. The lowest BCUT2D eigenvalue weighted by molar-refractivity contribution is -0.137. The molecular formula is C15H20F3N3O. The first kappa shape index (κ1) is 16.8. The molecule has 1 unspecified atom stereocenters. The van der Waals surface area contributed by atoms with E-state index in [4.69, 9.17) is 0 Å². The predicted molar refractivity (Wildman–Crippen MR) is 78.6 cm³/mol. The van der Waals surface area contributed by atoms with Crippen LogP contribution in [0, 0.1) is 0 Å². The zero-order valence-corrected chi connectivity index (χ0v) is 12.4. The van der Waals surface area contributed by atoms with Crippen molar-refractivity contribution in [3.63, 3.8) is 0 Å². The minimum absolute atomic E-state index is 0.169. The number of halogens is 3. The molecule has 1 heterocycles. The van der Waals surface area contributed by atoms with Crippen LogP contribution in [0.3, 0.4) is 0 Å². The summed E-state index contributed by atoms with van der Waals surface area (Å²) in [4.78, 5) is 14.0. The molecule has 22 heavy (non-hydrogen) atoms. The molecular weight excluding hydrogens is 295 g/mol. The maximum atomic E-state index is 12.6. The Bertz CT molecular complexity index is 519. The topological polar surface area (TPSA) is 44.4 Å². The largest absolute Gasteiger partial charge is 0.416 e. The number of nitrogens with zero attached hydrogens (tertiary/aromatic N) is 1. The minimum atomic E-state index is -4.41. The molecule has 1 amide bonds. The fraction of sp³-hybridized carbons (Fsp3) is 0.533. The van der Waals surface area contributed by atoms with Gasteiger partial charge in [0.1, 0.15) is 0 Å². The van der Waals surface area contributed by atoms with Gasteiger partial charge in [-0.2, -0.15) is 13.2 Å². The van der Waals surface area contributed by atoms with Crippen LogP contribution >= 0.6 is 0 Å². The van der Waals surface area contributed by atoms with Crippen molar-refractivity contribution in [1.29, 1.82) is 0 Å². The second-order valence-corrected chi connectivity index (χ2v) is 5.49. The number of likely N-dealkylation sites (N-methyl/N-ethyl adjacent to an activating group) is 1. The molecule has 2 rings (SSSR count). The number of hydrogen-bond acceptors (Lipinski definition) is 3. The van der Waals surface area contributed by atoms with E-state index in [2.05, 4.69) is 10.6 Å². The second kappa shape index (κ2) is 7.11. The lowest BCUT2D eigenvalue weighted by Crippen LogP contribution is -2.46. The van der Waals surface area contributed by atoms with E-state index in [0.29, 0.717) is 6.04 Å². The number of anilines is 1. The van der Waals surface area contributed by atoms with E-state index in [9.17, 15) is 18.0 Å². The van der Waals surface area contributed by atoms with Gasteiger partial charge in [-0.3, -0.25) is 9.69 Å². The molecule has 0 radical (unpaired) electrons. The maximum Gasteiger partial charge on any atom is 0.416 e. The van der Waals surface area contributed by atoms with Gasteiger partial charge in [-0.15, -0.1) is 0 Å². The van der Waals surface area contributed by atoms with Crippen LogP contribution in [0.2, 0.25) is 0 Å². The first-order valence-electron chi connectivity index (χ1n) is 7.25. The minimum Gasteiger partial charge on any atom is -0.325 e. The molecule has 0 bridgehead atoms. The molecule has 1 fully saturated rings. The van der Waals surface area contributed by atoms with Crippen LogP contribution in [0.1, 0.15) is 18.4 Å². The Morgan fingerprint density at radius 3 is 2.86 bits per heavy atom. The molecule has 0 aromatic heterocycles. The highest BCUT2D eigenvalue weighted by atomic mass is 19.4. The number of piperidine rings is 1. The predicted octanol–water partition coefficient (Wildman–Crippen LogP) is 2.33. The van der Waals surface area contributed by atoms with Crippen LogP contribution in [-0.2, 0) is 11.0 Å². The SMILES string of the molecule is CNC1CCCN(CC(=O)Nc2cccc(C(F)(F)F)c2)C1. The van der Waals surface area contributed by atoms with Crippen LogP contribution in [0.25, 0.3) is 0 Å². The van der Waals surface area contributed by atoms with Crippen LogP contribution < -0.4 is 10.6 Å². The lowest BCUT2D eigenvalue weighted by Gasteiger charge is -2.31. The molecule has 1 aliphatic rings. The van der Waals surface area contributed by atoms with E-state index in [-0.39, 0.29) is 18.1 Å². The summed E-state index contributed by atoms with van der Waals surface area (Å²) in [6.07, 6.45) is -2.34. The number of rotatable bonds is 4. The summed E-state index contributed by atoms with van der Waals surface area (Å²) in [5, 5.41) is 5.72. The quantitative estimate of drug-likeness (QED) is 0.896. The van der Waals surface area contributed by atoms with Gasteiger partial charge in [0.15, 0.2) is 0 Å². The van der Waals surface area contributed by atoms with Crippen LogP contribution in [-0.4, -0.2) is 43.5 Å². The number of hydrogen-bond donors (Lipinski definition) is 2. The summed E-state index contributed by atoms with van der Waals surface area (Å²) >= 11 is 0. The Balaban J connectivity index is 1.92. The number of nitrogens with one attached hydrogen (secondary N) is 2. The smallest absolute Gasteiger partial charge is 0.325 e. The molecule has 1 aromatic carbocycles. The van der Waals surface area contributed by atoms with Gasteiger partial charge in [0.2, 0.25) is 5.91 Å². The zero-order valence-electron chi connectivity index (χ0n) is 12.4. The molecule has 0 aliphatic carbocycles. The molecule has 7 heteroatoms. The van der Waals surface area contributed by atoms with Crippen LogP contribution in [0.15, 0.2) is 24.3 Å². The van der Waals surface area contributed by atoms with Crippen molar-refractivity contribution >= 4 is 11.6 Å². The highest BCUT2D eigenvalue weighted by Gasteiger charge is 2.30. The number of carbonyl (C=O) groups is 1. The fourth-order valence-electron chi connectivity index (χ4n) is 2.61. The second-order valence-electron chi connectivity index (χ2n) is 5.49. The average molecular weight is 315 g/mol. The van der Waals surface area contributed by atoms with Gasteiger partial charge in [-0.05, 0) is 44.6 Å². The number of amides is 1. The van der Waals surface area contributed by atoms with Crippen LogP contribution in [0.4, 0.5) is 18.9 Å². The van der Waals surface area contributed by atoms with Gasteiger partial charge in [0, 0.05) is 18.3 Å². The van der Waals surface area contributed by atoms with E-state index >= 15 is 0 Å². The van der Waals surface area contributed by atoms with Gasteiger partial charge < -0.3 is 10.6 Å². The molecule has 1 atom stereocenters.